The third-order valence-electron chi connectivity index (χ3n) is 1.88. The van der Waals surface area contributed by atoms with Crippen molar-refractivity contribution in [2.75, 3.05) is 0 Å². The van der Waals surface area contributed by atoms with E-state index in [1.54, 1.807) is 12.2 Å². The Balaban J connectivity index is 5.07. The van der Waals surface area contributed by atoms with E-state index in [0.717, 1.165) is 5.57 Å². The van der Waals surface area contributed by atoms with E-state index in [9.17, 15) is 0 Å². The zero-order valence-corrected chi connectivity index (χ0v) is 7.06. The predicted octanol–water partition coefficient (Wildman–Crippen LogP) is 2.39. The normalized spacial score (nSPS) is 10.3. The summed E-state index contributed by atoms with van der Waals surface area (Å²) in [5.74, 6) is 0. The van der Waals surface area contributed by atoms with Crippen LogP contribution < -0.4 is 5.73 Å². The molecular formula is C10H15N. The summed E-state index contributed by atoms with van der Waals surface area (Å²) in [6, 6.07) is 0. The Morgan fingerprint density at radius 3 is 1.64 bits per heavy atom. The third kappa shape index (κ3) is 1.43. The molecule has 0 aromatic rings. The van der Waals surface area contributed by atoms with E-state index in [0.29, 0.717) is 5.70 Å². The Morgan fingerprint density at radius 2 is 1.64 bits per heavy atom. The molecule has 0 aromatic heterocycles. The molecule has 0 aliphatic rings. The van der Waals surface area contributed by atoms with Crippen LogP contribution in [0.3, 0.4) is 0 Å². The van der Waals surface area contributed by atoms with Crippen LogP contribution in [0.25, 0.3) is 0 Å². The Bertz CT molecular complexity index is 187. The van der Waals surface area contributed by atoms with Gasteiger partial charge >= 0.3 is 0 Å². The first kappa shape index (κ1) is 9.76. The summed E-state index contributed by atoms with van der Waals surface area (Å²) in [6.07, 6.45) is 3.40. The lowest BCUT2D eigenvalue weighted by atomic mass is 9.79. The molecule has 0 bridgehead atoms. The Morgan fingerprint density at radius 1 is 1.27 bits per heavy atom. The summed E-state index contributed by atoms with van der Waals surface area (Å²) >= 11 is 0. The molecule has 0 radical (unpaired) electrons. The molecule has 0 aromatic carbocycles. The predicted molar refractivity (Wildman–Crippen MR) is 51.0 cm³/mol. The first-order chi connectivity index (χ1) is 5.01. The molecule has 0 saturated heterocycles. The zero-order chi connectivity index (χ0) is 9.07. The molecule has 0 amide bonds. The third-order valence-corrected chi connectivity index (χ3v) is 1.88. The highest BCUT2D eigenvalue weighted by Gasteiger charge is 2.24. The number of hydrogen-bond donors (Lipinski definition) is 1. The average Bonchev–Trinajstić information content (AvgIpc) is 1.90. The average molecular weight is 149 g/mol. The molecule has 60 valence electrons. The van der Waals surface area contributed by atoms with Gasteiger partial charge in [0.15, 0.2) is 0 Å². The summed E-state index contributed by atoms with van der Waals surface area (Å²) in [5, 5.41) is 0. The molecule has 2 N–H and O–H groups in total. The van der Waals surface area contributed by atoms with Gasteiger partial charge in [-0.2, -0.15) is 0 Å². The van der Waals surface area contributed by atoms with E-state index in [4.69, 9.17) is 5.73 Å². The van der Waals surface area contributed by atoms with Gasteiger partial charge in [-0.25, -0.2) is 0 Å². The molecule has 0 aliphatic heterocycles. The standard InChI is InChI=1S/C10H15N/c1-6-10(7-2,8(3)4)9(5)11/h6-7H,1-3,5,11H2,4H3. The molecule has 0 saturated carbocycles. The van der Waals surface area contributed by atoms with Crippen molar-refractivity contribution < 1.29 is 0 Å². The van der Waals surface area contributed by atoms with Gasteiger partial charge in [0.2, 0.25) is 0 Å². The van der Waals surface area contributed by atoms with Crippen molar-refractivity contribution in [3.05, 3.63) is 49.7 Å². The lowest BCUT2D eigenvalue weighted by Gasteiger charge is -2.27. The van der Waals surface area contributed by atoms with Gasteiger partial charge in [-0.05, 0) is 6.92 Å². The minimum absolute atomic E-state index is 0.500. The lowest BCUT2D eigenvalue weighted by Crippen LogP contribution is -2.23. The van der Waals surface area contributed by atoms with Crippen molar-refractivity contribution >= 4 is 0 Å². The SMILES string of the molecule is C=CC(C=C)(C(=C)C)C(=C)N. The number of rotatable bonds is 4. The summed E-state index contributed by atoms with van der Waals surface area (Å²) < 4.78 is 0. The van der Waals surface area contributed by atoms with E-state index in [2.05, 4.69) is 26.3 Å². The van der Waals surface area contributed by atoms with Gasteiger partial charge in [-0.3, -0.25) is 0 Å². The molecule has 0 fully saturated rings. The van der Waals surface area contributed by atoms with Crippen molar-refractivity contribution in [2.24, 2.45) is 11.1 Å². The highest BCUT2D eigenvalue weighted by molar-refractivity contribution is 5.35. The highest BCUT2D eigenvalue weighted by atomic mass is 14.6. The minimum atomic E-state index is -0.500. The molecule has 0 rings (SSSR count). The van der Waals surface area contributed by atoms with Crippen LogP contribution in [0.2, 0.25) is 0 Å². The molecule has 0 spiro atoms. The molecule has 11 heavy (non-hydrogen) atoms. The summed E-state index contributed by atoms with van der Waals surface area (Å²) in [5.41, 5.74) is 6.49. The molecule has 1 nitrogen and oxygen atoms in total. The van der Waals surface area contributed by atoms with Crippen LogP contribution >= 0.6 is 0 Å². The highest BCUT2D eigenvalue weighted by Crippen LogP contribution is 2.33. The summed E-state index contributed by atoms with van der Waals surface area (Å²) in [7, 11) is 0. The van der Waals surface area contributed by atoms with Crippen LogP contribution in [0, 0.1) is 5.41 Å². The van der Waals surface area contributed by atoms with Crippen LogP contribution in [0.15, 0.2) is 49.7 Å². The van der Waals surface area contributed by atoms with Crippen LogP contribution in [-0.2, 0) is 0 Å². The Kier molecular flexibility index (Phi) is 2.87. The van der Waals surface area contributed by atoms with Crippen LogP contribution in [-0.4, -0.2) is 0 Å². The maximum atomic E-state index is 5.60. The summed E-state index contributed by atoms with van der Waals surface area (Å²) in [4.78, 5) is 0. The Hall–Kier alpha value is -1.24. The van der Waals surface area contributed by atoms with Crippen LogP contribution in [0.1, 0.15) is 6.92 Å². The monoisotopic (exact) mass is 149 g/mol. The molecule has 0 unspecified atom stereocenters. The number of nitrogens with two attached hydrogens (primary N) is 1. The second-order valence-electron chi connectivity index (χ2n) is 2.58. The van der Waals surface area contributed by atoms with E-state index in [1.165, 1.54) is 0 Å². The molecule has 1 heteroatoms. The van der Waals surface area contributed by atoms with E-state index in [-0.39, 0.29) is 0 Å². The second-order valence-corrected chi connectivity index (χ2v) is 2.58. The van der Waals surface area contributed by atoms with Gasteiger partial charge in [0, 0.05) is 5.70 Å². The van der Waals surface area contributed by atoms with Gasteiger partial charge in [-0.1, -0.05) is 30.9 Å². The molecule has 0 aliphatic carbocycles. The van der Waals surface area contributed by atoms with Crippen LogP contribution in [0.4, 0.5) is 0 Å². The quantitative estimate of drug-likeness (QED) is 0.610. The van der Waals surface area contributed by atoms with E-state index >= 15 is 0 Å². The van der Waals surface area contributed by atoms with Gasteiger partial charge in [0.25, 0.3) is 0 Å². The fraction of sp³-hybridized carbons (Fsp3) is 0.200. The van der Waals surface area contributed by atoms with Gasteiger partial charge in [0.05, 0.1) is 5.41 Å². The van der Waals surface area contributed by atoms with Gasteiger partial charge in [-0.15, -0.1) is 13.2 Å². The molecular weight excluding hydrogens is 134 g/mol. The fourth-order valence-corrected chi connectivity index (χ4v) is 0.968. The molecule has 0 heterocycles. The van der Waals surface area contributed by atoms with Gasteiger partial charge in [0.1, 0.15) is 0 Å². The second kappa shape index (κ2) is 3.24. The van der Waals surface area contributed by atoms with Crippen molar-refractivity contribution in [2.45, 2.75) is 6.92 Å². The molecule has 0 atom stereocenters. The van der Waals surface area contributed by atoms with Crippen molar-refractivity contribution in [1.29, 1.82) is 0 Å². The van der Waals surface area contributed by atoms with E-state index < -0.39 is 5.41 Å². The minimum Gasteiger partial charge on any atom is -0.401 e. The van der Waals surface area contributed by atoms with E-state index in [1.807, 2.05) is 6.92 Å². The summed E-state index contributed by atoms with van der Waals surface area (Å²) in [6.45, 7) is 16.7. The first-order valence-corrected chi connectivity index (χ1v) is 3.39. The Labute approximate surface area is 68.6 Å². The van der Waals surface area contributed by atoms with Crippen molar-refractivity contribution in [3.63, 3.8) is 0 Å². The fourth-order valence-electron chi connectivity index (χ4n) is 0.968. The zero-order valence-electron chi connectivity index (χ0n) is 7.06. The number of allylic oxidation sites excluding steroid dienone is 1. The largest absolute Gasteiger partial charge is 0.401 e. The van der Waals surface area contributed by atoms with Crippen LogP contribution in [0.5, 0.6) is 0 Å². The maximum absolute atomic E-state index is 5.60. The number of hydrogen-bond acceptors (Lipinski definition) is 1. The lowest BCUT2D eigenvalue weighted by molar-refractivity contribution is 0.697. The topological polar surface area (TPSA) is 26.0 Å². The maximum Gasteiger partial charge on any atom is 0.0651 e. The van der Waals surface area contributed by atoms with Gasteiger partial charge < -0.3 is 5.73 Å². The first-order valence-electron chi connectivity index (χ1n) is 3.39. The van der Waals surface area contributed by atoms with Crippen molar-refractivity contribution in [3.8, 4) is 0 Å². The van der Waals surface area contributed by atoms with Crippen molar-refractivity contribution in [1.82, 2.24) is 0 Å². The smallest absolute Gasteiger partial charge is 0.0651 e.